The lowest BCUT2D eigenvalue weighted by atomic mass is 10.0. The van der Waals surface area contributed by atoms with E-state index in [9.17, 15) is 4.79 Å². The molecule has 0 unspecified atom stereocenters. The van der Waals surface area contributed by atoms with Crippen molar-refractivity contribution >= 4 is 16.8 Å². The largest absolute Gasteiger partial charge is 0.493 e. The highest BCUT2D eigenvalue weighted by atomic mass is 16.5. The number of nitrogens with one attached hydrogen (secondary N) is 1. The molecule has 0 spiro atoms. The number of ether oxygens (including phenoxy) is 2. The number of carbonyl (C=O) groups is 1. The molecule has 0 aliphatic rings. The molecule has 4 aromatic rings. The Morgan fingerprint density at radius 2 is 1.82 bits per heavy atom. The van der Waals surface area contributed by atoms with E-state index < -0.39 is 0 Å². The molecule has 1 atom stereocenters. The molecule has 4 rings (SSSR count). The number of pyridine rings is 1. The van der Waals surface area contributed by atoms with Crippen LogP contribution < -0.4 is 14.8 Å². The van der Waals surface area contributed by atoms with E-state index in [0.717, 1.165) is 22.2 Å². The molecule has 0 saturated carbocycles. The van der Waals surface area contributed by atoms with Gasteiger partial charge in [0.1, 0.15) is 5.76 Å². The Bertz CT molecular complexity index is 1250. The van der Waals surface area contributed by atoms with Crippen LogP contribution in [0.1, 0.15) is 22.2 Å². The minimum Gasteiger partial charge on any atom is -0.493 e. The Morgan fingerprint density at radius 1 is 1.03 bits per heavy atom. The van der Waals surface area contributed by atoms with Gasteiger partial charge in [0.2, 0.25) is 0 Å². The summed E-state index contributed by atoms with van der Waals surface area (Å²) in [6.07, 6.45) is 1.64. The van der Waals surface area contributed by atoms with Gasteiger partial charge in [0.15, 0.2) is 11.5 Å². The predicted octanol–water partition coefficient (Wildman–Crippen LogP) is 4.54. The number of aromatic nitrogens is 1. The van der Waals surface area contributed by atoms with Crippen LogP contribution in [0.25, 0.3) is 22.2 Å². The van der Waals surface area contributed by atoms with Gasteiger partial charge in [-0.05, 0) is 56.6 Å². The van der Waals surface area contributed by atoms with Gasteiger partial charge < -0.3 is 19.2 Å². The molecule has 0 radical (unpaired) electrons. The molecule has 2 aromatic heterocycles. The van der Waals surface area contributed by atoms with Gasteiger partial charge in [0.05, 0.1) is 43.3 Å². The predicted molar refractivity (Wildman–Crippen MR) is 128 cm³/mol. The van der Waals surface area contributed by atoms with Crippen LogP contribution in [0.4, 0.5) is 0 Å². The van der Waals surface area contributed by atoms with E-state index in [1.165, 1.54) is 0 Å². The third-order valence-corrected chi connectivity index (χ3v) is 5.59. The number of methoxy groups -OCH3 is 2. The topological polar surface area (TPSA) is 76.8 Å². The molecule has 0 aliphatic carbocycles. The molecule has 7 heteroatoms. The highest BCUT2D eigenvalue weighted by molar-refractivity contribution is 6.07. The molecule has 1 amide bonds. The molecule has 0 bridgehead atoms. The molecule has 0 aliphatic heterocycles. The zero-order valence-electron chi connectivity index (χ0n) is 19.2. The highest BCUT2D eigenvalue weighted by Gasteiger charge is 2.20. The van der Waals surface area contributed by atoms with Crippen molar-refractivity contribution in [3.63, 3.8) is 0 Å². The van der Waals surface area contributed by atoms with Gasteiger partial charge in [0, 0.05) is 17.5 Å². The monoisotopic (exact) mass is 445 g/mol. The van der Waals surface area contributed by atoms with Gasteiger partial charge in [-0.3, -0.25) is 9.69 Å². The minimum atomic E-state index is -0.172. The number of rotatable bonds is 8. The van der Waals surface area contributed by atoms with Gasteiger partial charge >= 0.3 is 0 Å². The van der Waals surface area contributed by atoms with E-state index in [1.807, 2.05) is 79.7 Å². The van der Waals surface area contributed by atoms with E-state index in [0.29, 0.717) is 29.3 Å². The third-order valence-electron chi connectivity index (χ3n) is 5.59. The van der Waals surface area contributed by atoms with Crippen molar-refractivity contribution in [2.75, 3.05) is 34.9 Å². The Balaban J connectivity index is 1.69. The number of hydrogen-bond donors (Lipinski definition) is 1. The number of benzene rings is 2. The first kappa shape index (κ1) is 22.4. The third kappa shape index (κ3) is 4.68. The van der Waals surface area contributed by atoms with Crippen LogP contribution >= 0.6 is 0 Å². The first-order valence-electron chi connectivity index (χ1n) is 10.6. The van der Waals surface area contributed by atoms with E-state index in [1.54, 1.807) is 20.5 Å². The maximum atomic E-state index is 13.3. The van der Waals surface area contributed by atoms with Crippen molar-refractivity contribution in [3.05, 3.63) is 78.3 Å². The fourth-order valence-electron chi connectivity index (χ4n) is 3.81. The van der Waals surface area contributed by atoms with E-state index in [2.05, 4.69) is 5.32 Å². The van der Waals surface area contributed by atoms with Crippen molar-refractivity contribution in [3.8, 4) is 22.8 Å². The van der Waals surface area contributed by atoms with Gasteiger partial charge in [-0.2, -0.15) is 0 Å². The smallest absolute Gasteiger partial charge is 0.252 e. The molecule has 0 fully saturated rings. The van der Waals surface area contributed by atoms with E-state index in [-0.39, 0.29) is 11.9 Å². The van der Waals surface area contributed by atoms with Crippen LogP contribution in [0.5, 0.6) is 11.5 Å². The number of nitrogens with zero attached hydrogens (tertiary/aromatic N) is 2. The zero-order valence-corrected chi connectivity index (χ0v) is 19.2. The van der Waals surface area contributed by atoms with Crippen LogP contribution in [-0.2, 0) is 0 Å². The molecule has 170 valence electrons. The number of likely N-dealkylation sites (N-methyl/N-ethyl adjacent to an activating group) is 1. The van der Waals surface area contributed by atoms with Gasteiger partial charge in [-0.25, -0.2) is 4.98 Å². The molecule has 2 heterocycles. The van der Waals surface area contributed by atoms with E-state index >= 15 is 0 Å². The van der Waals surface area contributed by atoms with Crippen molar-refractivity contribution in [2.45, 2.75) is 6.04 Å². The van der Waals surface area contributed by atoms with Crippen molar-refractivity contribution in [1.82, 2.24) is 15.2 Å². The number of fused-ring (bicyclic) bond motifs is 1. The number of carbonyl (C=O) groups excluding carboxylic acids is 1. The summed E-state index contributed by atoms with van der Waals surface area (Å²) in [6, 6.07) is 18.7. The lowest BCUT2D eigenvalue weighted by Crippen LogP contribution is -2.34. The average molecular weight is 446 g/mol. The van der Waals surface area contributed by atoms with Gasteiger partial charge in [-0.15, -0.1) is 0 Å². The second kappa shape index (κ2) is 9.75. The Labute approximate surface area is 192 Å². The molecule has 1 N–H and O–H groups in total. The standard InChI is InChI=1S/C26H27N3O4/c1-29(2)22(23-10-7-13-33-23)16-27-26(30)19-15-21(28-20-9-6-5-8-18(19)20)17-11-12-24(31-3)25(14-17)32-4/h5-15,22H,16H2,1-4H3,(H,27,30)/t22-/m1/s1. The van der Waals surface area contributed by atoms with Crippen LogP contribution in [0.2, 0.25) is 0 Å². The lowest BCUT2D eigenvalue weighted by Gasteiger charge is -2.22. The van der Waals surface area contributed by atoms with Gasteiger partial charge in [0.25, 0.3) is 5.91 Å². The molecular formula is C26H27N3O4. The molecule has 2 aromatic carbocycles. The number of furan rings is 1. The lowest BCUT2D eigenvalue weighted by molar-refractivity contribution is 0.0940. The quantitative estimate of drug-likeness (QED) is 0.429. The van der Waals surface area contributed by atoms with Crippen molar-refractivity contribution in [2.24, 2.45) is 0 Å². The summed E-state index contributed by atoms with van der Waals surface area (Å²) in [4.78, 5) is 20.1. The van der Waals surface area contributed by atoms with Crippen LogP contribution in [0.15, 0.2) is 71.3 Å². The maximum absolute atomic E-state index is 13.3. The van der Waals surface area contributed by atoms with Crippen LogP contribution in [0.3, 0.4) is 0 Å². The van der Waals surface area contributed by atoms with Gasteiger partial charge in [-0.1, -0.05) is 18.2 Å². The van der Waals surface area contributed by atoms with E-state index in [4.69, 9.17) is 18.9 Å². The van der Waals surface area contributed by atoms with Crippen LogP contribution in [0, 0.1) is 0 Å². The summed E-state index contributed by atoms with van der Waals surface area (Å²) < 4.78 is 16.3. The number of para-hydroxylation sites is 1. The summed E-state index contributed by atoms with van der Waals surface area (Å²) in [5, 5.41) is 3.86. The SMILES string of the molecule is COc1ccc(-c2cc(C(=O)NC[C@H](c3ccco3)N(C)C)c3ccccc3n2)cc1OC. The number of amides is 1. The fraction of sp³-hybridized carbons (Fsp3) is 0.231. The summed E-state index contributed by atoms with van der Waals surface area (Å²) in [5.74, 6) is 1.86. The maximum Gasteiger partial charge on any atom is 0.252 e. The normalized spacial score (nSPS) is 12.0. The Hall–Kier alpha value is -3.84. The summed E-state index contributed by atoms with van der Waals surface area (Å²) in [5.41, 5.74) is 2.80. The molecule has 33 heavy (non-hydrogen) atoms. The average Bonchev–Trinajstić information content (AvgIpc) is 3.37. The molecule has 0 saturated heterocycles. The minimum absolute atomic E-state index is 0.0811. The first-order chi connectivity index (χ1) is 16.0. The second-order valence-electron chi connectivity index (χ2n) is 7.85. The highest BCUT2D eigenvalue weighted by Crippen LogP contribution is 2.33. The molecular weight excluding hydrogens is 418 g/mol. The summed E-state index contributed by atoms with van der Waals surface area (Å²) in [7, 11) is 7.10. The first-order valence-corrected chi connectivity index (χ1v) is 10.6. The Kier molecular flexibility index (Phi) is 6.60. The zero-order chi connectivity index (χ0) is 23.4. The number of hydrogen-bond acceptors (Lipinski definition) is 6. The fourth-order valence-corrected chi connectivity index (χ4v) is 3.81. The molecule has 7 nitrogen and oxygen atoms in total. The second-order valence-corrected chi connectivity index (χ2v) is 7.85. The summed E-state index contributed by atoms with van der Waals surface area (Å²) >= 11 is 0. The Morgan fingerprint density at radius 3 is 2.52 bits per heavy atom. The van der Waals surface area contributed by atoms with Crippen LogP contribution in [-0.4, -0.2) is 50.7 Å². The van der Waals surface area contributed by atoms with Crippen molar-refractivity contribution < 1.29 is 18.7 Å². The van der Waals surface area contributed by atoms with Crippen molar-refractivity contribution in [1.29, 1.82) is 0 Å². The summed E-state index contributed by atoms with van der Waals surface area (Å²) in [6.45, 7) is 0.404.